The fraction of sp³-hybridized carbons (Fsp3) is 0.231. The van der Waals surface area contributed by atoms with Crippen LogP contribution >= 0.6 is 11.3 Å². The van der Waals surface area contributed by atoms with Crippen molar-refractivity contribution in [3.63, 3.8) is 0 Å². The van der Waals surface area contributed by atoms with E-state index in [1.54, 1.807) is 6.07 Å². The molecule has 0 spiro atoms. The van der Waals surface area contributed by atoms with Crippen molar-refractivity contribution < 1.29 is 23.9 Å². The van der Waals surface area contributed by atoms with Crippen LogP contribution in [0.25, 0.3) is 0 Å². The Morgan fingerprint density at radius 3 is 2.90 bits per heavy atom. The van der Waals surface area contributed by atoms with Crippen LogP contribution in [-0.2, 0) is 11.2 Å². The molecule has 0 bridgehead atoms. The molecule has 0 saturated heterocycles. The number of nitrogens with zero attached hydrogens (tertiary/aromatic N) is 1. The van der Waals surface area contributed by atoms with Crippen LogP contribution in [-0.4, -0.2) is 27.8 Å². The van der Waals surface area contributed by atoms with Crippen LogP contribution in [0.4, 0.5) is 5.13 Å². The quantitative estimate of drug-likeness (QED) is 0.895. The van der Waals surface area contributed by atoms with E-state index in [9.17, 15) is 14.4 Å². The molecule has 0 aliphatic heterocycles. The minimum Gasteiger partial charge on any atom is -0.481 e. The molecule has 3 rings (SSSR count). The molecule has 0 aromatic carbocycles. The molecule has 1 aliphatic rings. The van der Waals surface area contributed by atoms with Gasteiger partial charge in [-0.1, -0.05) is 11.3 Å². The smallest absolute Gasteiger partial charge is 0.307 e. The van der Waals surface area contributed by atoms with E-state index in [1.165, 1.54) is 12.3 Å². The van der Waals surface area contributed by atoms with E-state index in [1.807, 2.05) is 0 Å². The van der Waals surface area contributed by atoms with Gasteiger partial charge in [-0.2, -0.15) is 0 Å². The maximum Gasteiger partial charge on any atom is 0.307 e. The molecule has 2 N–H and O–H groups in total. The van der Waals surface area contributed by atoms with E-state index >= 15 is 0 Å². The van der Waals surface area contributed by atoms with Crippen LogP contribution in [0.2, 0.25) is 0 Å². The number of Topliss-reactive ketones (excluding diaryl/α,β-unsaturated/α-hetero) is 1. The van der Waals surface area contributed by atoms with Crippen molar-refractivity contribution in [3.8, 4) is 0 Å². The van der Waals surface area contributed by atoms with E-state index in [0.717, 1.165) is 11.3 Å². The molecule has 21 heavy (non-hydrogen) atoms. The lowest BCUT2D eigenvalue weighted by molar-refractivity contribution is -0.141. The van der Waals surface area contributed by atoms with Gasteiger partial charge in [0.2, 0.25) is 0 Å². The second-order valence-electron chi connectivity index (χ2n) is 4.59. The number of aromatic nitrogens is 1. The number of hydrogen-bond acceptors (Lipinski definition) is 6. The van der Waals surface area contributed by atoms with Crippen molar-refractivity contribution in [1.29, 1.82) is 0 Å². The molecule has 2 aromatic heterocycles. The molecule has 1 amide bonds. The third kappa shape index (κ3) is 2.57. The fourth-order valence-electron chi connectivity index (χ4n) is 2.12. The zero-order chi connectivity index (χ0) is 15.0. The molecule has 1 atom stereocenters. The lowest BCUT2D eigenvalue weighted by Gasteiger charge is -2.15. The number of carboxylic acid groups (broad SMARTS) is 1. The number of furan rings is 1. The topological polar surface area (TPSA) is 110 Å². The Labute approximate surface area is 122 Å². The molecule has 2 heterocycles. The highest BCUT2D eigenvalue weighted by Crippen LogP contribution is 2.32. The number of amides is 1. The maximum atomic E-state index is 11.9. The summed E-state index contributed by atoms with van der Waals surface area (Å²) >= 11 is 1.06. The van der Waals surface area contributed by atoms with Gasteiger partial charge in [0.15, 0.2) is 16.7 Å². The molecule has 0 unspecified atom stereocenters. The Morgan fingerprint density at radius 2 is 2.24 bits per heavy atom. The number of carbonyl (C=O) groups is 3. The molecule has 0 saturated carbocycles. The van der Waals surface area contributed by atoms with Crippen LogP contribution in [0.5, 0.6) is 0 Å². The number of carboxylic acids is 1. The van der Waals surface area contributed by atoms with Crippen molar-refractivity contribution in [1.82, 2.24) is 4.98 Å². The van der Waals surface area contributed by atoms with Gasteiger partial charge in [-0.15, -0.1) is 0 Å². The Kier molecular flexibility index (Phi) is 3.30. The number of rotatable bonds is 3. The van der Waals surface area contributed by atoms with E-state index in [2.05, 4.69) is 10.3 Å². The summed E-state index contributed by atoms with van der Waals surface area (Å²) in [5.41, 5.74) is 0.429. The number of fused-ring (bicyclic) bond motifs is 1. The average molecular weight is 306 g/mol. The summed E-state index contributed by atoms with van der Waals surface area (Å²) in [6.45, 7) is 0. The predicted octanol–water partition coefficient (Wildman–Crippen LogP) is 1.82. The van der Waals surface area contributed by atoms with E-state index in [4.69, 9.17) is 9.52 Å². The number of thiazole rings is 1. The highest BCUT2D eigenvalue weighted by molar-refractivity contribution is 7.17. The molecular formula is C13H10N2O5S. The summed E-state index contributed by atoms with van der Waals surface area (Å²) in [6.07, 6.45) is 1.54. The first-order valence-electron chi connectivity index (χ1n) is 6.15. The normalized spacial score (nSPS) is 17.3. The van der Waals surface area contributed by atoms with Crippen molar-refractivity contribution in [3.05, 3.63) is 34.7 Å². The van der Waals surface area contributed by atoms with Gasteiger partial charge < -0.3 is 9.52 Å². The lowest BCUT2D eigenvalue weighted by atomic mass is 9.90. The van der Waals surface area contributed by atoms with Crippen molar-refractivity contribution >= 4 is 34.1 Å². The summed E-state index contributed by atoms with van der Waals surface area (Å²) < 4.78 is 4.96. The largest absolute Gasteiger partial charge is 0.481 e. The number of ketones is 1. The van der Waals surface area contributed by atoms with Gasteiger partial charge in [0, 0.05) is 12.8 Å². The summed E-state index contributed by atoms with van der Waals surface area (Å²) in [7, 11) is 0. The van der Waals surface area contributed by atoms with E-state index in [0.29, 0.717) is 10.6 Å². The lowest BCUT2D eigenvalue weighted by Crippen LogP contribution is -2.25. The minimum atomic E-state index is -1.01. The third-order valence-corrected chi connectivity index (χ3v) is 4.19. The average Bonchev–Trinajstić information content (AvgIpc) is 3.06. The van der Waals surface area contributed by atoms with Crippen LogP contribution in [0.15, 0.2) is 22.8 Å². The van der Waals surface area contributed by atoms with Crippen LogP contribution < -0.4 is 5.32 Å². The molecule has 1 aliphatic carbocycles. The van der Waals surface area contributed by atoms with Gasteiger partial charge in [-0.3, -0.25) is 19.7 Å². The van der Waals surface area contributed by atoms with Gasteiger partial charge >= 0.3 is 5.97 Å². The first-order chi connectivity index (χ1) is 10.0. The van der Waals surface area contributed by atoms with E-state index in [-0.39, 0.29) is 29.5 Å². The summed E-state index contributed by atoms with van der Waals surface area (Å²) in [4.78, 5) is 39.3. The van der Waals surface area contributed by atoms with Gasteiger partial charge in [0.1, 0.15) is 0 Å². The monoisotopic (exact) mass is 306 g/mol. The zero-order valence-corrected chi connectivity index (χ0v) is 11.5. The SMILES string of the molecule is O=C(Nc1nc2c(s1)C(=O)C[C@H](C(=O)O)C2)c1ccco1. The predicted molar refractivity (Wildman–Crippen MR) is 72.6 cm³/mol. The molecule has 2 aromatic rings. The van der Waals surface area contributed by atoms with Crippen molar-refractivity contribution in [2.45, 2.75) is 12.8 Å². The molecule has 7 nitrogen and oxygen atoms in total. The van der Waals surface area contributed by atoms with Crippen LogP contribution in [0.3, 0.4) is 0 Å². The highest BCUT2D eigenvalue weighted by Gasteiger charge is 2.33. The molecule has 8 heteroatoms. The van der Waals surface area contributed by atoms with Crippen LogP contribution in [0, 0.1) is 5.92 Å². The first kappa shape index (κ1) is 13.5. The Balaban J connectivity index is 1.81. The second-order valence-corrected chi connectivity index (χ2v) is 5.59. The number of nitrogens with one attached hydrogen (secondary N) is 1. The van der Waals surface area contributed by atoms with Crippen molar-refractivity contribution in [2.24, 2.45) is 5.92 Å². The number of aliphatic carboxylic acids is 1. The fourth-order valence-corrected chi connectivity index (χ4v) is 3.06. The third-order valence-electron chi connectivity index (χ3n) is 3.14. The van der Waals surface area contributed by atoms with Crippen molar-refractivity contribution in [2.75, 3.05) is 5.32 Å². The molecule has 0 radical (unpaired) electrons. The zero-order valence-electron chi connectivity index (χ0n) is 10.7. The first-order valence-corrected chi connectivity index (χ1v) is 6.97. The van der Waals surface area contributed by atoms with E-state index < -0.39 is 17.8 Å². The summed E-state index contributed by atoms with van der Waals surface area (Å²) in [5, 5.41) is 11.8. The minimum absolute atomic E-state index is 0.0316. The molecular weight excluding hydrogens is 296 g/mol. The number of anilines is 1. The molecule has 0 fully saturated rings. The Morgan fingerprint density at radius 1 is 1.43 bits per heavy atom. The van der Waals surface area contributed by atoms with Gasteiger partial charge in [-0.25, -0.2) is 4.98 Å². The van der Waals surface area contributed by atoms with Gasteiger partial charge in [0.05, 0.1) is 22.8 Å². The maximum absolute atomic E-state index is 11.9. The van der Waals surface area contributed by atoms with Gasteiger partial charge in [-0.05, 0) is 12.1 Å². The number of carbonyl (C=O) groups excluding carboxylic acids is 2. The summed E-state index contributed by atoms with van der Waals surface area (Å²) in [5.74, 6) is -2.34. The number of hydrogen-bond donors (Lipinski definition) is 2. The van der Waals surface area contributed by atoms with Gasteiger partial charge in [0.25, 0.3) is 5.91 Å². The summed E-state index contributed by atoms with van der Waals surface area (Å²) in [6, 6.07) is 3.09. The standard InChI is InChI=1S/C13H10N2O5S/c16-8-5-6(12(18)19)4-7-10(8)21-13(14-7)15-11(17)9-2-1-3-20-9/h1-3,6H,4-5H2,(H,18,19)(H,14,15,17)/t6-/m1/s1. The Bertz CT molecular complexity index is 719. The highest BCUT2D eigenvalue weighted by atomic mass is 32.1. The second kappa shape index (κ2) is 5.13. The molecule has 108 valence electrons. The Hall–Kier alpha value is -2.48. The van der Waals surface area contributed by atoms with Crippen LogP contribution in [0.1, 0.15) is 32.3 Å².